The third kappa shape index (κ3) is 4.03. The Kier molecular flexibility index (Phi) is 5.09. The molecule has 0 saturated carbocycles. The summed E-state index contributed by atoms with van der Waals surface area (Å²) >= 11 is 0. The van der Waals surface area contributed by atoms with Crippen molar-refractivity contribution in [3.05, 3.63) is 59.4 Å². The molecule has 1 aliphatic rings. The highest BCUT2D eigenvalue weighted by Gasteiger charge is 2.14. The van der Waals surface area contributed by atoms with Gasteiger partial charge in [0.2, 0.25) is 0 Å². The number of nitrogens with zero attached hydrogens (tertiary/aromatic N) is 2. The van der Waals surface area contributed by atoms with Gasteiger partial charge in [-0.15, -0.1) is 0 Å². The summed E-state index contributed by atoms with van der Waals surface area (Å²) in [4.78, 5) is 20.4. The molecular formula is C19H19N3O3. The first-order chi connectivity index (χ1) is 12.2. The lowest BCUT2D eigenvalue weighted by Gasteiger charge is -2.12. The first-order valence-electron chi connectivity index (χ1n) is 8.05. The summed E-state index contributed by atoms with van der Waals surface area (Å²) in [7, 11) is 0. The van der Waals surface area contributed by atoms with Crippen molar-refractivity contribution in [3.8, 4) is 11.5 Å². The Morgan fingerprint density at radius 1 is 1.32 bits per heavy atom. The van der Waals surface area contributed by atoms with Crippen LogP contribution in [0.2, 0.25) is 0 Å². The number of esters is 1. The van der Waals surface area contributed by atoms with Crippen LogP contribution < -0.4 is 10.1 Å². The largest absolute Gasteiger partial charge is 0.462 e. The molecule has 2 heterocycles. The Balaban J connectivity index is 1.79. The second-order valence-electron chi connectivity index (χ2n) is 5.41. The fraction of sp³-hybridized carbons (Fsp3) is 0.211. The second-order valence-corrected chi connectivity index (χ2v) is 5.41. The SMILES string of the molecule is CCOC(=O)c1cccc(Oc2ccnc(NC3=CCN=C3)c2)c1C. The lowest BCUT2D eigenvalue weighted by Crippen LogP contribution is -2.07. The first kappa shape index (κ1) is 16.7. The Bertz CT molecular complexity index is 844. The second kappa shape index (κ2) is 7.61. The van der Waals surface area contributed by atoms with E-state index in [1.54, 1.807) is 43.6 Å². The van der Waals surface area contributed by atoms with Crippen molar-refractivity contribution >= 4 is 18.0 Å². The number of hydrogen-bond donors (Lipinski definition) is 1. The number of benzene rings is 1. The standard InChI is InChI=1S/C19H19N3O3/c1-3-24-19(23)16-5-4-6-17(13(16)2)25-15-8-10-21-18(11-15)22-14-7-9-20-12-14/h4-8,10-12H,3,9H2,1-2H3,(H,21,22). The number of hydrogen-bond acceptors (Lipinski definition) is 6. The van der Waals surface area contributed by atoms with Crippen LogP contribution in [0.15, 0.2) is 53.3 Å². The summed E-state index contributed by atoms with van der Waals surface area (Å²) < 4.78 is 11.0. The van der Waals surface area contributed by atoms with E-state index in [4.69, 9.17) is 9.47 Å². The number of rotatable bonds is 6. The predicted molar refractivity (Wildman–Crippen MR) is 96.5 cm³/mol. The van der Waals surface area contributed by atoms with Crippen molar-refractivity contribution in [1.82, 2.24) is 4.98 Å². The number of anilines is 1. The van der Waals surface area contributed by atoms with Crippen molar-refractivity contribution in [2.45, 2.75) is 13.8 Å². The van der Waals surface area contributed by atoms with E-state index in [2.05, 4.69) is 15.3 Å². The van der Waals surface area contributed by atoms with Crippen LogP contribution in [0.25, 0.3) is 0 Å². The average molecular weight is 337 g/mol. The number of aromatic nitrogens is 1. The molecule has 3 rings (SSSR count). The van der Waals surface area contributed by atoms with Gasteiger partial charge in [0.05, 0.1) is 24.4 Å². The van der Waals surface area contributed by atoms with Gasteiger partial charge in [-0.1, -0.05) is 6.07 Å². The normalized spacial score (nSPS) is 12.6. The van der Waals surface area contributed by atoms with Crippen LogP contribution in [-0.4, -0.2) is 30.3 Å². The van der Waals surface area contributed by atoms with Crippen LogP contribution in [0.1, 0.15) is 22.8 Å². The van der Waals surface area contributed by atoms with Crippen molar-refractivity contribution < 1.29 is 14.3 Å². The van der Waals surface area contributed by atoms with E-state index in [0.717, 1.165) is 11.3 Å². The molecule has 0 unspecified atom stereocenters. The van der Waals surface area contributed by atoms with Crippen LogP contribution in [0.4, 0.5) is 5.82 Å². The maximum Gasteiger partial charge on any atom is 0.338 e. The zero-order chi connectivity index (χ0) is 17.6. The molecule has 6 heteroatoms. The molecule has 0 amide bonds. The molecule has 2 aromatic rings. The van der Waals surface area contributed by atoms with Gasteiger partial charge in [0.1, 0.15) is 17.3 Å². The van der Waals surface area contributed by atoms with E-state index in [0.29, 0.717) is 36.0 Å². The number of nitrogens with one attached hydrogen (secondary N) is 1. The first-order valence-corrected chi connectivity index (χ1v) is 8.05. The molecule has 0 saturated heterocycles. The summed E-state index contributed by atoms with van der Waals surface area (Å²) in [6.07, 6.45) is 5.40. The van der Waals surface area contributed by atoms with E-state index in [1.165, 1.54) is 0 Å². The van der Waals surface area contributed by atoms with Gasteiger partial charge >= 0.3 is 5.97 Å². The minimum absolute atomic E-state index is 0.335. The molecule has 1 aliphatic heterocycles. The number of allylic oxidation sites excluding steroid dienone is 1. The average Bonchev–Trinajstić information content (AvgIpc) is 3.10. The molecule has 0 spiro atoms. The van der Waals surface area contributed by atoms with Gasteiger partial charge in [-0.3, -0.25) is 4.99 Å². The lowest BCUT2D eigenvalue weighted by atomic mass is 10.1. The number of pyridine rings is 1. The third-order valence-corrected chi connectivity index (χ3v) is 3.66. The predicted octanol–water partition coefficient (Wildman–Crippen LogP) is 3.74. The molecular weight excluding hydrogens is 318 g/mol. The van der Waals surface area contributed by atoms with E-state index >= 15 is 0 Å². The van der Waals surface area contributed by atoms with Crippen LogP contribution >= 0.6 is 0 Å². The van der Waals surface area contributed by atoms with Gasteiger partial charge in [0.25, 0.3) is 0 Å². The molecule has 6 nitrogen and oxygen atoms in total. The van der Waals surface area contributed by atoms with Gasteiger partial charge in [0.15, 0.2) is 0 Å². The molecule has 1 N–H and O–H groups in total. The molecule has 0 fully saturated rings. The summed E-state index contributed by atoms with van der Waals surface area (Å²) in [5, 5.41) is 3.17. The van der Waals surface area contributed by atoms with Gasteiger partial charge < -0.3 is 14.8 Å². The van der Waals surface area contributed by atoms with Gasteiger partial charge in [-0.25, -0.2) is 9.78 Å². The van der Waals surface area contributed by atoms with Gasteiger partial charge in [0, 0.05) is 24.0 Å². The summed E-state index contributed by atoms with van der Waals surface area (Å²) in [5.74, 6) is 1.53. The van der Waals surface area contributed by atoms with E-state index in [-0.39, 0.29) is 5.97 Å². The number of aliphatic imine (C=N–C) groups is 1. The highest BCUT2D eigenvalue weighted by atomic mass is 16.5. The molecule has 128 valence electrons. The van der Waals surface area contributed by atoms with Crippen molar-refractivity contribution in [2.75, 3.05) is 18.5 Å². The fourth-order valence-electron chi connectivity index (χ4n) is 2.41. The topological polar surface area (TPSA) is 72.8 Å². The number of ether oxygens (including phenoxy) is 2. The minimum atomic E-state index is -0.352. The smallest absolute Gasteiger partial charge is 0.338 e. The molecule has 25 heavy (non-hydrogen) atoms. The maximum absolute atomic E-state index is 12.0. The molecule has 1 aromatic heterocycles. The van der Waals surface area contributed by atoms with Crippen LogP contribution in [-0.2, 0) is 4.74 Å². The Hall–Kier alpha value is -3.15. The van der Waals surface area contributed by atoms with E-state index in [9.17, 15) is 4.79 Å². The van der Waals surface area contributed by atoms with Crippen LogP contribution in [0.3, 0.4) is 0 Å². The van der Waals surface area contributed by atoms with Crippen molar-refractivity contribution in [2.24, 2.45) is 4.99 Å². The van der Waals surface area contributed by atoms with Crippen molar-refractivity contribution in [1.29, 1.82) is 0 Å². The maximum atomic E-state index is 12.0. The number of carbonyl (C=O) groups excluding carboxylic acids is 1. The van der Waals surface area contributed by atoms with Crippen molar-refractivity contribution in [3.63, 3.8) is 0 Å². The third-order valence-electron chi connectivity index (χ3n) is 3.66. The highest BCUT2D eigenvalue weighted by Crippen LogP contribution is 2.28. The Morgan fingerprint density at radius 2 is 2.20 bits per heavy atom. The Morgan fingerprint density at radius 3 is 2.96 bits per heavy atom. The summed E-state index contributed by atoms with van der Waals surface area (Å²) in [6, 6.07) is 8.88. The lowest BCUT2D eigenvalue weighted by molar-refractivity contribution is 0.0525. The van der Waals surface area contributed by atoms with E-state index in [1.807, 2.05) is 19.1 Å². The quantitative estimate of drug-likeness (QED) is 0.813. The van der Waals surface area contributed by atoms with Crippen LogP contribution in [0, 0.1) is 6.92 Å². The molecule has 1 aromatic carbocycles. The van der Waals surface area contributed by atoms with Gasteiger partial charge in [-0.2, -0.15) is 0 Å². The molecule has 0 atom stereocenters. The van der Waals surface area contributed by atoms with E-state index < -0.39 is 0 Å². The molecule has 0 bridgehead atoms. The summed E-state index contributed by atoms with van der Waals surface area (Å²) in [6.45, 7) is 4.63. The number of carbonyl (C=O) groups is 1. The molecule has 0 radical (unpaired) electrons. The van der Waals surface area contributed by atoms with Gasteiger partial charge in [-0.05, 0) is 38.1 Å². The van der Waals surface area contributed by atoms with Crippen LogP contribution in [0.5, 0.6) is 11.5 Å². The zero-order valence-electron chi connectivity index (χ0n) is 14.2. The summed E-state index contributed by atoms with van der Waals surface area (Å²) in [5.41, 5.74) is 2.14. The fourth-order valence-corrected chi connectivity index (χ4v) is 2.41. The minimum Gasteiger partial charge on any atom is -0.462 e. The molecule has 0 aliphatic carbocycles. The zero-order valence-corrected chi connectivity index (χ0v) is 14.2. The highest BCUT2D eigenvalue weighted by molar-refractivity contribution is 5.91. The Labute approximate surface area is 146 Å². The monoisotopic (exact) mass is 337 g/mol.